The maximum Gasteiger partial charge on any atom is 0.261 e. The molecule has 1 aromatic rings. The smallest absolute Gasteiger partial charge is 0.261 e. The molecule has 1 aliphatic carbocycles. The van der Waals surface area contributed by atoms with Crippen molar-refractivity contribution in [2.75, 3.05) is 0 Å². The van der Waals surface area contributed by atoms with Crippen LogP contribution in [-0.2, 0) is 16.1 Å². The monoisotopic (exact) mass is 339 g/mol. The van der Waals surface area contributed by atoms with E-state index in [1.54, 1.807) is 25.1 Å². The number of hydrogen-bond donors (Lipinski definition) is 1. The van der Waals surface area contributed by atoms with Crippen molar-refractivity contribution < 1.29 is 9.59 Å². The van der Waals surface area contributed by atoms with Gasteiger partial charge in [-0.05, 0) is 31.9 Å². The maximum atomic E-state index is 12.5. The minimum atomic E-state index is -0.845. The number of carbonyl (C=O) groups excluding carboxylic acids is 2. The van der Waals surface area contributed by atoms with Crippen LogP contribution >= 0.6 is 23.2 Å². The molecule has 1 aromatic carbocycles. The number of hydrazone groups is 1. The number of halogens is 2. The van der Waals surface area contributed by atoms with Crippen LogP contribution in [0.1, 0.15) is 25.3 Å². The van der Waals surface area contributed by atoms with E-state index in [4.69, 9.17) is 23.2 Å². The third-order valence-corrected chi connectivity index (χ3v) is 4.46. The average Bonchev–Trinajstić information content (AvgIpc) is 3.20. The molecule has 1 fully saturated rings. The van der Waals surface area contributed by atoms with Gasteiger partial charge in [0.05, 0.1) is 12.3 Å². The van der Waals surface area contributed by atoms with E-state index in [-0.39, 0.29) is 24.4 Å². The second-order valence-electron chi connectivity index (χ2n) is 5.55. The van der Waals surface area contributed by atoms with Crippen LogP contribution < -0.4 is 5.32 Å². The van der Waals surface area contributed by atoms with E-state index in [9.17, 15) is 9.59 Å². The first kappa shape index (κ1) is 15.3. The first-order chi connectivity index (χ1) is 10.5. The van der Waals surface area contributed by atoms with Crippen LogP contribution in [0, 0.1) is 5.92 Å². The highest BCUT2D eigenvalue weighted by Crippen LogP contribution is 2.28. The number of carbonyl (C=O) groups is 2. The van der Waals surface area contributed by atoms with Gasteiger partial charge >= 0.3 is 0 Å². The first-order valence-electron chi connectivity index (χ1n) is 7.07. The first-order valence-corrected chi connectivity index (χ1v) is 7.82. The molecule has 0 radical (unpaired) electrons. The van der Waals surface area contributed by atoms with Gasteiger partial charge in [-0.1, -0.05) is 29.3 Å². The normalized spacial score (nSPS) is 21.0. The van der Waals surface area contributed by atoms with Crippen LogP contribution in [0.15, 0.2) is 23.3 Å². The SMILES string of the molecule is CC1=NN(Cc2c(Cl)cccc2Cl)C(=O)[C@H]1C(=O)NC1CC1. The van der Waals surface area contributed by atoms with Gasteiger partial charge in [0.1, 0.15) is 0 Å². The zero-order valence-corrected chi connectivity index (χ0v) is 13.5. The van der Waals surface area contributed by atoms with Gasteiger partial charge in [0.15, 0.2) is 5.92 Å². The van der Waals surface area contributed by atoms with Gasteiger partial charge in [-0.2, -0.15) is 5.10 Å². The van der Waals surface area contributed by atoms with E-state index >= 15 is 0 Å². The molecule has 0 saturated heterocycles. The highest BCUT2D eigenvalue weighted by molar-refractivity contribution is 6.36. The van der Waals surface area contributed by atoms with Crippen LogP contribution in [0.5, 0.6) is 0 Å². The van der Waals surface area contributed by atoms with E-state index in [1.807, 2.05) is 0 Å². The zero-order valence-electron chi connectivity index (χ0n) is 12.0. The minimum Gasteiger partial charge on any atom is -0.352 e. The predicted molar refractivity (Wildman–Crippen MR) is 84.8 cm³/mol. The fourth-order valence-corrected chi connectivity index (χ4v) is 2.90. The van der Waals surface area contributed by atoms with Crippen molar-refractivity contribution in [3.63, 3.8) is 0 Å². The number of hydrogen-bond acceptors (Lipinski definition) is 3. The molecule has 1 saturated carbocycles. The Labute approximate surface area is 138 Å². The third kappa shape index (κ3) is 2.96. The van der Waals surface area contributed by atoms with Gasteiger partial charge < -0.3 is 5.32 Å². The lowest BCUT2D eigenvalue weighted by molar-refractivity contribution is -0.138. The Hall–Kier alpha value is -1.59. The van der Waals surface area contributed by atoms with Crippen LogP contribution in [-0.4, -0.2) is 28.6 Å². The van der Waals surface area contributed by atoms with Crippen molar-refractivity contribution in [1.82, 2.24) is 10.3 Å². The molecule has 116 valence electrons. The highest BCUT2D eigenvalue weighted by atomic mass is 35.5. The van der Waals surface area contributed by atoms with Crippen LogP contribution in [0.4, 0.5) is 0 Å². The van der Waals surface area contributed by atoms with Gasteiger partial charge in [0.25, 0.3) is 5.91 Å². The van der Waals surface area contributed by atoms with E-state index < -0.39 is 5.92 Å². The zero-order chi connectivity index (χ0) is 15.9. The number of rotatable bonds is 4. The summed E-state index contributed by atoms with van der Waals surface area (Å²) in [5.41, 5.74) is 1.12. The van der Waals surface area contributed by atoms with Crippen LogP contribution in [0.3, 0.4) is 0 Å². The second kappa shape index (κ2) is 5.89. The quantitative estimate of drug-likeness (QED) is 0.857. The number of nitrogens with one attached hydrogen (secondary N) is 1. The van der Waals surface area contributed by atoms with Crippen molar-refractivity contribution in [3.8, 4) is 0 Å². The molecule has 0 bridgehead atoms. The molecule has 22 heavy (non-hydrogen) atoms. The van der Waals surface area contributed by atoms with Crippen molar-refractivity contribution in [3.05, 3.63) is 33.8 Å². The highest BCUT2D eigenvalue weighted by Gasteiger charge is 2.40. The Balaban J connectivity index is 1.76. The fourth-order valence-electron chi connectivity index (χ4n) is 2.39. The molecule has 1 N–H and O–H groups in total. The molecule has 0 aromatic heterocycles. The standard InChI is InChI=1S/C15H15Cl2N3O2/c1-8-13(14(21)18-9-5-6-9)15(22)20(19-8)7-10-11(16)3-2-4-12(10)17/h2-4,9,13H,5-7H2,1H3,(H,18,21)/t13-/m1/s1. The lowest BCUT2D eigenvalue weighted by atomic mass is 10.0. The molecule has 0 spiro atoms. The van der Waals surface area contributed by atoms with Crippen molar-refractivity contribution in [2.45, 2.75) is 32.4 Å². The Bertz CT molecular complexity index is 651. The molecule has 2 amide bonds. The van der Waals surface area contributed by atoms with E-state index in [1.165, 1.54) is 5.01 Å². The molecule has 1 atom stereocenters. The summed E-state index contributed by atoms with van der Waals surface area (Å²) in [5, 5.41) is 9.25. The van der Waals surface area contributed by atoms with Gasteiger partial charge in [-0.15, -0.1) is 0 Å². The molecular weight excluding hydrogens is 325 g/mol. The maximum absolute atomic E-state index is 12.5. The Morgan fingerprint density at radius 3 is 2.59 bits per heavy atom. The van der Waals surface area contributed by atoms with Gasteiger partial charge in [-0.25, -0.2) is 5.01 Å². The summed E-state index contributed by atoms with van der Waals surface area (Å²) in [4.78, 5) is 24.6. The average molecular weight is 340 g/mol. The number of benzene rings is 1. The van der Waals surface area contributed by atoms with E-state index in [0.29, 0.717) is 21.3 Å². The summed E-state index contributed by atoms with van der Waals surface area (Å²) in [5.74, 6) is -1.46. The summed E-state index contributed by atoms with van der Waals surface area (Å²) < 4.78 is 0. The van der Waals surface area contributed by atoms with Crippen molar-refractivity contribution in [1.29, 1.82) is 0 Å². The summed E-state index contributed by atoms with van der Waals surface area (Å²) in [6.45, 7) is 1.84. The lowest BCUT2D eigenvalue weighted by Gasteiger charge is -2.16. The molecule has 7 heteroatoms. The molecule has 5 nitrogen and oxygen atoms in total. The van der Waals surface area contributed by atoms with E-state index in [2.05, 4.69) is 10.4 Å². The van der Waals surface area contributed by atoms with Gasteiger partial charge in [0.2, 0.25) is 5.91 Å². The van der Waals surface area contributed by atoms with Crippen molar-refractivity contribution in [2.24, 2.45) is 11.0 Å². The van der Waals surface area contributed by atoms with E-state index in [0.717, 1.165) is 12.8 Å². The topological polar surface area (TPSA) is 61.8 Å². The van der Waals surface area contributed by atoms with Crippen LogP contribution in [0.25, 0.3) is 0 Å². The molecular formula is C15H15Cl2N3O2. The summed E-state index contributed by atoms with van der Waals surface area (Å²) in [7, 11) is 0. The van der Waals surface area contributed by atoms with Gasteiger partial charge in [-0.3, -0.25) is 9.59 Å². The molecule has 2 aliphatic rings. The van der Waals surface area contributed by atoms with Gasteiger partial charge in [0, 0.05) is 21.7 Å². The van der Waals surface area contributed by atoms with Crippen molar-refractivity contribution >= 4 is 40.7 Å². The number of nitrogens with zero attached hydrogens (tertiary/aromatic N) is 2. The lowest BCUT2D eigenvalue weighted by Crippen LogP contribution is -2.40. The summed E-state index contributed by atoms with van der Waals surface area (Å²) in [6, 6.07) is 5.36. The minimum absolute atomic E-state index is 0.155. The second-order valence-corrected chi connectivity index (χ2v) is 6.37. The molecule has 3 rings (SSSR count). The summed E-state index contributed by atoms with van der Waals surface area (Å²) >= 11 is 12.2. The third-order valence-electron chi connectivity index (χ3n) is 3.75. The number of amides is 2. The molecule has 0 unspecified atom stereocenters. The Morgan fingerprint density at radius 2 is 2.00 bits per heavy atom. The summed E-state index contributed by atoms with van der Waals surface area (Å²) in [6.07, 6.45) is 1.95. The van der Waals surface area contributed by atoms with Crippen LogP contribution in [0.2, 0.25) is 10.0 Å². The predicted octanol–water partition coefficient (Wildman–Crippen LogP) is 2.61. The fraction of sp³-hybridized carbons (Fsp3) is 0.400. The largest absolute Gasteiger partial charge is 0.352 e. The molecule has 1 aliphatic heterocycles. The molecule has 1 heterocycles. The Morgan fingerprint density at radius 1 is 1.36 bits per heavy atom. The Kier molecular flexibility index (Phi) is 4.10.